The molecule has 0 fully saturated rings. The Morgan fingerprint density at radius 2 is 1.73 bits per heavy atom. The number of imidazole rings is 1. The number of carboxylic acid groups (broad SMARTS) is 1. The zero-order valence-electron chi connectivity index (χ0n) is 14.9. The highest BCUT2D eigenvalue weighted by Crippen LogP contribution is 2.14. The topological polar surface area (TPSA) is 123 Å². The number of anilines is 2. The van der Waals surface area contributed by atoms with Gasteiger partial charge < -0.3 is 19.7 Å². The van der Waals surface area contributed by atoms with Crippen molar-refractivity contribution >= 4 is 29.5 Å². The number of benzene rings is 1. The second-order valence-corrected chi connectivity index (χ2v) is 6.52. The number of hydrogen-bond donors (Lipinski definition) is 3. The molecular weight excluding hydrogens is 340 g/mol. The minimum atomic E-state index is -1.05. The molecule has 0 atom stereocenters. The van der Waals surface area contributed by atoms with Gasteiger partial charge in [0.1, 0.15) is 5.60 Å². The van der Waals surface area contributed by atoms with E-state index in [2.05, 4.69) is 15.6 Å². The minimum Gasteiger partial charge on any atom is -0.478 e. The summed E-state index contributed by atoms with van der Waals surface area (Å²) in [5.41, 5.74) is -0.116. The van der Waals surface area contributed by atoms with Crippen LogP contribution in [0.4, 0.5) is 16.3 Å². The first kappa shape index (κ1) is 19.0. The third-order valence-corrected chi connectivity index (χ3v) is 3.10. The molecule has 2 amide bonds. The molecule has 9 heteroatoms. The molecule has 0 aliphatic heterocycles. The Balaban J connectivity index is 2.06. The highest BCUT2D eigenvalue weighted by atomic mass is 16.6. The molecule has 9 nitrogen and oxygen atoms in total. The van der Waals surface area contributed by atoms with E-state index in [-0.39, 0.29) is 17.2 Å². The van der Waals surface area contributed by atoms with E-state index in [1.54, 1.807) is 27.8 Å². The molecule has 0 aliphatic rings. The van der Waals surface area contributed by atoms with Gasteiger partial charge in [0, 0.05) is 18.9 Å². The molecular formula is C17H20N4O5. The van der Waals surface area contributed by atoms with Gasteiger partial charge in [-0.1, -0.05) is 0 Å². The van der Waals surface area contributed by atoms with Crippen LogP contribution in [0.5, 0.6) is 0 Å². The predicted octanol–water partition coefficient (Wildman–Crippen LogP) is 2.72. The van der Waals surface area contributed by atoms with E-state index in [9.17, 15) is 14.4 Å². The van der Waals surface area contributed by atoms with Gasteiger partial charge in [-0.2, -0.15) is 0 Å². The van der Waals surface area contributed by atoms with E-state index in [0.717, 1.165) is 0 Å². The van der Waals surface area contributed by atoms with E-state index in [4.69, 9.17) is 9.84 Å². The van der Waals surface area contributed by atoms with Gasteiger partial charge in [0.15, 0.2) is 5.82 Å². The number of aromatic nitrogens is 2. The lowest BCUT2D eigenvalue weighted by Crippen LogP contribution is -2.27. The highest BCUT2D eigenvalue weighted by Gasteiger charge is 2.19. The van der Waals surface area contributed by atoms with Gasteiger partial charge >= 0.3 is 12.1 Å². The van der Waals surface area contributed by atoms with Gasteiger partial charge in [0.05, 0.1) is 5.56 Å². The number of ether oxygens (including phenoxy) is 1. The molecule has 0 unspecified atom stereocenters. The summed E-state index contributed by atoms with van der Waals surface area (Å²) in [5, 5.41) is 13.9. The smallest absolute Gasteiger partial charge is 0.413 e. The molecule has 1 aromatic heterocycles. The molecule has 2 rings (SSSR count). The normalized spacial score (nSPS) is 10.9. The molecule has 0 saturated carbocycles. The zero-order chi connectivity index (χ0) is 19.5. The average molecular weight is 360 g/mol. The number of carboxylic acids is 1. The molecule has 0 saturated heterocycles. The van der Waals surface area contributed by atoms with Crippen molar-refractivity contribution in [3.05, 3.63) is 41.9 Å². The predicted molar refractivity (Wildman–Crippen MR) is 94.4 cm³/mol. The minimum absolute atomic E-state index is 0.0679. The number of aromatic carboxylic acids is 1. The van der Waals surface area contributed by atoms with Gasteiger partial charge in [-0.25, -0.2) is 14.6 Å². The van der Waals surface area contributed by atoms with Crippen molar-refractivity contribution in [3.63, 3.8) is 0 Å². The van der Waals surface area contributed by atoms with Crippen molar-refractivity contribution in [3.8, 4) is 0 Å². The van der Waals surface area contributed by atoms with Gasteiger partial charge in [-0.05, 0) is 45.0 Å². The second kappa shape index (κ2) is 7.26. The molecule has 138 valence electrons. The van der Waals surface area contributed by atoms with Crippen LogP contribution in [0, 0.1) is 0 Å². The first-order valence-corrected chi connectivity index (χ1v) is 7.73. The van der Waals surface area contributed by atoms with Gasteiger partial charge in [0.2, 0.25) is 5.82 Å². The summed E-state index contributed by atoms with van der Waals surface area (Å²) in [4.78, 5) is 39.0. The average Bonchev–Trinajstić information content (AvgIpc) is 2.86. The van der Waals surface area contributed by atoms with Crippen LogP contribution in [-0.2, 0) is 11.8 Å². The second-order valence-electron chi connectivity index (χ2n) is 6.52. The molecule has 1 aromatic carbocycles. The van der Waals surface area contributed by atoms with Gasteiger partial charge in [0.25, 0.3) is 5.91 Å². The number of rotatable bonds is 4. The Labute approximate surface area is 150 Å². The summed E-state index contributed by atoms with van der Waals surface area (Å²) in [6.45, 7) is 5.21. The van der Waals surface area contributed by atoms with Crippen LogP contribution >= 0.6 is 0 Å². The first-order chi connectivity index (χ1) is 12.0. The van der Waals surface area contributed by atoms with Crippen LogP contribution in [0.15, 0.2) is 30.5 Å². The molecule has 2 aromatic rings. The molecule has 0 radical (unpaired) electrons. The number of amides is 2. The van der Waals surface area contributed by atoms with Crippen molar-refractivity contribution in [2.24, 2.45) is 7.05 Å². The van der Waals surface area contributed by atoms with E-state index in [1.165, 1.54) is 35.0 Å². The summed E-state index contributed by atoms with van der Waals surface area (Å²) in [5.74, 6) is -1.32. The Hall–Kier alpha value is -3.36. The molecule has 0 bridgehead atoms. The van der Waals surface area contributed by atoms with Crippen LogP contribution in [0.1, 0.15) is 41.7 Å². The molecule has 26 heavy (non-hydrogen) atoms. The largest absolute Gasteiger partial charge is 0.478 e. The SMILES string of the molecule is Cn1cc(NC(=O)OC(C)(C)C)nc1C(=O)Nc1ccc(C(=O)O)cc1. The number of aryl methyl sites for hydroxylation is 1. The van der Waals surface area contributed by atoms with Crippen LogP contribution in [0.3, 0.4) is 0 Å². The fourth-order valence-corrected chi connectivity index (χ4v) is 2.03. The fourth-order valence-electron chi connectivity index (χ4n) is 2.03. The maximum absolute atomic E-state index is 12.3. The lowest BCUT2D eigenvalue weighted by atomic mass is 10.2. The van der Waals surface area contributed by atoms with E-state index < -0.39 is 23.6 Å². The number of nitrogens with one attached hydrogen (secondary N) is 2. The molecule has 1 heterocycles. The van der Waals surface area contributed by atoms with Crippen molar-refractivity contribution in [2.75, 3.05) is 10.6 Å². The van der Waals surface area contributed by atoms with Crippen molar-refractivity contribution in [1.82, 2.24) is 9.55 Å². The first-order valence-electron chi connectivity index (χ1n) is 7.73. The number of carbonyl (C=O) groups excluding carboxylic acids is 2. The van der Waals surface area contributed by atoms with E-state index >= 15 is 0 Å². The van der Waals surface area contributed by atoms with Gasteiger partial charge in [-0.3, -0.25) is 10.1 Å². The summed E-state index contributed by atoms with van der Waals surface area (Å²) in [6.07, 6.45) is 0.804. The Bertz CT molecular complexity index is 834. The Kier molecular flexibility index (Phi) is 5.30. The molecule has 0 aliphatic carbocycles. The Morgan fingerprint density at radius 3 is 2.27 bits per heavy atom. The van der Waals surface area contributed by atoms with Crippen molar-refractivity contribution in [1.29, 1.82) is 0 Å². The standard InChI is InChI=1S/C17H20N4O5/c1-17(2,3)26-16(25)20-12-9-21(4)13(19-12)14(22)18-11-7-5-10(6-8-11)15(23)24/h5-9H,1-4H3,(H,18,22)(H,20,25)(H,23,24). The fraction of sp³-hybridized carbons (Fsp3) is 0.294. The van der Waals surface area contributed by atoms with Crippen molar-refractivity contribution in [2.45, 2.75) is 26.4 Å². The number of carbonyl (C=O) groups is 3. The Morgan fingerprint density at radius 1 is 1.12 bits per heavy atom. The highest BCUT2D eigenvalue weighted by molar-refractivity contribution is 6.02. The maximum Gasteiger partial charge on any atom is 0.413 e. The summed E-state index contributed by atoms with van der Waals surface area (Å²) < 4.78 is 6.58. The number of hydrogen-bond acceptors (Lipinski definition) is 5. The summed E-state index contributed by atoms with van der Waals surface area (Å²) in [6, 6.07) is 5.71. The number of nitrogens with zero attached hydrogens (tertiary/aromatic N) is 2. The quantitative estimate of drug-likeness (QED) is 0.770. The zero-order valence-corrected chi connectivity index (χ0v) is 14.9. The summed E-state index contributed by atoms with van der Waals surface area (Å²) >= 11 is 0. The lowest BCUT2D eigenvalue weighted by molar-refractivity contribution is 0.0633. The third-order valence-electron chi connectivity index (χ3n) is 3.10. The molecule has 3 N–H and O–H groups in total. The maximum atomic E-state index is 12.3. The lowest BCUT2D eigenvalue weighted by Gasteiger charge is -2.18. The third kappa shape index (κ3) is 5.07. The van der Waals surface area contributed by atoms with E-state index in [0.29, 0.717) is 5.69 Å². The molecule has 0 spiro atoms. The van der Waals surface area contributed by atoms with Crippen molar-refractivity contribution < 1.29 is 24.2 Å². The van der Waals surface area contributed by atoms with Crippen LogP contribution in [-0.4, -0.2) is 38.2 Å². The van der Waals surface area contributed by atoms with Crippen LogP contribution < -0.4 is 10.6 Å². The summed E-state index contributed by atoms with van der Waals surface area (Å²) in [7, 11) is 1.61. The monoisotopic (exact) mass is 360 g/mol. The van der Waals surface area contributed by atoms with Crippen LogP contribution in [0.2, 0.25) is 0 Å². The van der Waals surface area contributed by atoms with Gasteiger partial charge in [-0.15, -0.1) is 0 Å². The van der Waals surface area contributed by atoms with E-state index in [1.807, 2.05) is 0 Å². The van der Waals surface area contributed by atoms with Crippen LogP contribution in [0.25, 0.3) is 0 Å².